The molecule has 0 aliphatic rings. The highest BCUT2D eigenvalue weighted by molar-refractivity contribution is 8.13. The highest BCUT2D eigenvalue weighted by Crippen LogP contribution is 2.40. The first-order valence-electron chi connectivity index (χ1n) is 19.6. The topological polar surface area (TPSA) is 169 Å². The van der Waals surface area contributed by atoms with Crippen LogP contribution in [0.1, 0.15) is 0 Å². The van der Waals surface area contributed by atoms with Gasteiger partial charge in [-0.1, -0.05) is 43.0 Å². The monoisotopic (exact) mass is 972 g/mol. The molecule has 6 aromatic carbocycles. The van der Waals surface area contributed by atoms with Crippen molar-refractivity contribution in [3.8, 4) is 45.3 Å². The van der Waals surface area contributed by atoms with E-state index in [1.807, 2.05) is 36.4 Å². The van der Waals surface area contributed by atoms with Crippen LogP contribution in [0.25, 0.3) is 43.8 Å². The standard InChI is InChI=1S/C24H19FN2O4S.C22H17FN2O2.C2H4Cl2O2S/c1-3-32(29,30)26-17-10-13-23(31-18-11-8-16(25)9-12-18)21(14-17)22-15-27(2)24(28)20-7-5-4-6-19(20)22;1-25-13-20(17-4-2-3-5-18(17)22(25)26)19-12-15(24)8-11-21(19)27-16-9-6-14(23)7-10-16;3-1-2-7(4,5)6/h3-15,26H,1H2,2H3;2-13H,24H2,1H3;1-2H2. The fraction of sp³-hybridized carbons (Fsp3) is 0.0833. The van der Waals surface area contributed by atoms with Gasteiger partial charge in [0.2, 0.25) is 9.05 Å². The summed E-state index contributed by atoms with van der Waals surface area (Å²) in [6.45, 7) is 3.31. The van der Waals surface area contributed by atoms with E-state index in [0.29, 0.717) is 61.7 Å². The number of sulfonamides is 1. The number of hydrogen-bond acceptors (Lipinski definition) is 9. The van der Waals surface area contributed by atoms with Gasteiger partial charge in [-0.05, 0) is 108 Å². The average Bonchev–Trinajstić information content (AvgIpc) is 3.29. The Labute approximate surface area is 388 Å². The highest BCUT2D eigenvalue weighted by Gasteiger charge is 2.17. The summed E-state index contributed by atoms with van der Waals surface area (Å²) in [5, 5.41) is 3.44. The fourth-order valence-electron chi connectivity index (χ4n) is 6.56. The molecule has 0 bridgehead atoms. The number of nitrogen functional groups attached to an aromatic ring is 1. The molecule has 0 atom stereocenters. The van der Waals surface area contributed by atoms with E-state index in [1.165, 1.54) is 41.0 Å². The first-order chi connectivity index (χ1) is 31.4. The van der Waals surface area contributed by atoms with Crippen LogP contribution >= 0.6 is 22.3 Å². The van der Waals surface area contributed by atoms with Gasteiger partial charge in [0.15, 0.2) is 0 Å². The summed E-state index contributed by atoms with van der Waals surface area (Å²) in [6, 6.07) is 36.0. The molecule has 66 heavy (non-hydrogen) atoms. The van der Waals surface area contributed by atoms with Gasteiger partial charge >= 0.3 is 0 Å². The Hall–Kier alpha value is -6.98. The third kappa shape index (κ3) is 12.2. The van der Waals surface area contributed by atoms with E-state index in [2.05, 4.69) is 11.3 Å². The Balaban J connectivity index is 0.000000193. The van der Waals surface area contributed by atoms with Gasteiger partial charge in [-0.15, -0.1) is 11.6 Å². The molecule has 0 unspecified atom stereocenters. The summed E-state index contributed by atoms with van der Waals surface area (Å²) in [6.07, 6.45) is 3.44. The number of benzene rings is 6. The van der Waals surface area contributed by atoms with Crippen LogP contribution in [0.4, 0.5) is 20.2 Å². The predicted molar refractivity (Wildman–Crippen MR) is 260 cm³/mol. The maximum Gasteiger partial charge on any atom is 0.258 e. The number of anilines is 2. The van der Waals surface area contributed by atoms with Crippen LogP contribution in [-0.4, -0.2) is 37.6 Å². The number of ether oxygens (including phenoxy) is 2. The molecule has 2 heterocycles. The summed E-state index contributed by atoms with van der Waals surface area (Å²) in [5.74, 6) is 1.07. The Morgan fingerprint density at radius 1 is 0.636 bits per heavy atom. The van der Waals surface area contributed by atoms with E-state index >= 15 is 0 Å². The van der Waals surface area contributed by atoms with Crippen LogP contribution in [0.2, 0.25) is 0 Å². The van der Waals surface area contributed by atoms with Crippen molar-refractivity contribution in [2.24, 2.45) is 14.1 Å². The minimum atomic E-state index is -3.73. The third-order valence-corrected chi connectivity index (χ3v) is 12.2. The lowest BCUT2D eigenvalue weighted by atomic mass is 9.99. The molecule has 0 spiro atoms. The van der Waals surface area contributed by atoms with E-state index < -0.39 is 24.9 Å². The molecule has 0 saturated carbocycles. The number of nitrogens with one attached hydrogen (secondary N) is 1. The maximum atomic E-state index is 13.3. The summed E-state index contributed by atoms with van der Waals surface area (Å²) in [5.41, 5.74) is 9.46. The molecule has 340 valence electrons. The van der Waals surface area contributed by atoms with Crippen molar-refractivity contribution < 1.29 is 35.1 Å². The van der Waals surface area contributed by atoms with Crippen molar-refractivity contribution in [3.63, 3.8) is 0 Å². The van der Waals surface area contributed by atoms with Crippen LogP contribution in [0.15, 0.2) is 167 Å². The lowest BCUT2D eigenvalue weighted by Gasteiger charge is -2.16. The molecule has 8 rings (SSSR count). The zero-order valence-electron chi connectivity index (χ0n) is 35.1. The van der Waals surface area contributed by atoms with E-state index in [4.69, 9.17) is 37.5 Å². The zero-order chi connectivity index (χ0) is 47.8. The maximum absolute atomic E-state index is 13.3. The van der Waals surface area contributed by atoms with Gasteiger partial charge in [0.05, 0.1) is 5.75 Å². The van der Waals surface area contributed by atoms with Gasteiger partial charge in [0.1, 0.15) is 34.6 Å². The summed E-state index contributed by atoms with van der Waals surface area (Å²) in [4.78, 5) is 25.1. The van der Waals surface area contributed by atoms with Crippen LogP contribution < -0.4 is 31.0 Å². The minimum Gasteiger partial charge on any atom is -0.457 e. The summed E-state index contributed by atoms with van der Waals surface area (Å²) >= 11 is 5.02. The number of nitrogens with two attached hydrogens (primary N) is 1. The number of nitrogens with zero attached hydrogens (tertiary/aromatic N) is 2. The second kappa shape index (κ2) is 20.9. The van der Waals surface area contributed by atoms with E-state index in [9.17, 15) is 35.2 Å². The van der Waals surface area contributed by atoms with Gasteiger partial charge < -0.3 is 24.3 Å². The number of alkyl halides is 1. The molecular weight excluding hydrogens is 934 g/mol. The Morgan fingerprint density at radius 3 is 1.47 bits per heavy atom. The number of aryl methyl sites for hydroxylation is 2. The van der Waals surface area contributed by atoms with Crippen LogP contribution in [0.5, 0.6) is 23.0 Å². The van der Waals surface area contributed by atoms with Gasteiger partial charge in [0, 0.05) is 92.9 Å². The number of halogens is 4. The Morgan fingerprint density at radius 2 is 1.06 bits per heavy atom. The molecule has 0 fully saturated rings. The second-order valence-corrected chi connectivity index (χ2v) is 19.2. The quantitative estimate of drug-likeness (QED) is 0.0728. The predicted octanol–water partition coefficient (Wildman–Crippen LogP) is 10.5. The first-order valence-corrected chi connectivity index (χ1v) is 24.1. The smallest absolute Gasteiger partial charge is 0.258 e. The lowest BCUT2D eigenvalue weighted by molar-refractivity contribution is 0.482. The molecule has 18 heteroatoms. The van der Waals surface area contributed by atoms with Gasteiger partial charge in [-0.3, -0.25) is 14.3 Å². The number of fused-ring (bicyclic) bond motifs is 2. The SMILES string of the molecule is C=CS(=O)(=O)Nc1ccc(Oc2ccc(F)cc2)c(-c2cn(C)c(=O)c3ccccc23)c1.Cn1cc(-c2cc(N)ccc2Oc2ccc(F)cc2)c2ccccc2c1=O.O=S(=O)(Cl)CCCl. The molecule has 0 amide bonds. The minimum absolute atomic E-state index is 0.0613. The van der Waals surface area contributed by atoms with Crippen molar-refractivity contribution in [2.45, 2.75) is 0 Å². The molecule has 3 N–H and O–H groups in total. The van der Waals surface area contributed by atoms with Crippen molar-refractivity contribution in [3.05, 3.63) is 190 Å². The molecule has 12 nitrogen and oxygen atoms in total. The molecule has 0 saturated heterocycles. The average molecular weight is 974 g/mol. The normalized spacial score (nSPS) is 11.2. The number of aromatic nitrogens is 2. The molecule has 0 radical (unpaired) electrons. The van der Waals surface area contributed by atoms with Crippen molar-refractivity contribution in [1.29, 1.82) is 0 Å². The van der Waals surface area contributed by atoms with E-state index in [-0.39, 0.29) is 28.6 Å². The van der Waals surface area contributed by atoms with E-state index in [1.54, 1.807) is 91.7 Å². The zero-order valence-corrected chi connectivity index (χ0v) is 38.3. The molecule has 2 aromatic heterocycles. The number of pyridine rings is 2. The van der Waals surface area contributed by atoms with Crippen LogP contribution in [-0.2, 0) is 33.2 Å². The largest absolute Gasteiger partial charge is 0.457 e. The van der Waals surface area contributed by atoms with Gasteiger partial charge in [-0.25, -0.2) is 25.6 Å². The van der Waals surface area contributed by atoms with Gasteiger partial charge in [-0.2, -0.15) is 0 Å². The van der Waals surface area contributed by atoms with Crippen molar-refractivity contribution in [1.82, 2.24) is 9.13 Å². The molecular formula is C48H40Cl2F2N4O8S2. The summed E-state index contributed by atoms with van der Waals surface area (Å²) in [7, 11) is 1.01. The van der Waals surface area contributed by atoms with Gasteiger partial charge in [0.25, 0.3) is 21.1 Å². The Kier molecular flexibility index (Phi) is 15.3. The fourth-order valence-corrected chi connectivity index (χ4v) is 8.36. The summed E-state index contributed by atoms with van der Waals surface area (Å²) < 4.78 is 87.7. The number of hydrogen-bond donors (Lipinski definition) is 2. The third-order valence-electron chi connectivity index (χ3n) is 9.63. The van der Waals surface area contributed by atoms with Crippen LogP contribution in [0, 0.1) is 11.6 Å². The van der Waals surface area contributed by atoms with E-state index in [0.717, 1.165) is 21.9 Å². The molecule has 0 aliphatic heterocycles. The second-order valence-electron chi connectivity index (χ2n) is 14.3. The molecule has 0 aliphatic carbocycles. The van der Waals surface area contributed by atoms with Crippen molar-refractivity contribution in [2.75, 3.05) is 22.1 Å². The Bertz CT molecular complexity index is 3420. The highest BCUT2D eigenvalue weighted by atomic mass is 35.7. The number of rotatable bonds is 11. The molecule has 8 aromatic rings. The van der Waals surface area contributed by atoms with Crippen LogP contribution in [0.3, 0.4) is 0 Å². The lowest BCUT2D eigenvalue weighted by Crippen LogP contribution is -2.16. The first kappa shape index (κ1) is 48.5. The van der Waals surface area contributed by atoms with Crippen molar-refractivity contribution >= 4 is 74.3 Å².